The molecule has 136 valence electrons. The molecule has 0 aromatic heterocycles. The van der Waals surface area contributed by atoms with Gasteiger partial charge in [-0.15, -0.1) is 0 Å². The quantitative estimate of drug-likeness (QED) is 0.858. The second-order valence-corrected chi connectivity index (χ2v) is 8.40. The van der Waals surface area contributed by atoms with Crippen molar-refractivity contribution in [3.63, 3.8) is 0 Å². The van der Waals surface area contributed by atoms with E-state index in [1.807, 2.05) is 16.7 Å². The standard InChI is InChI=1S/C18H31N3O3/c1-14(11-20-10-6-7-15(20)22)19-16(23)21-12-17(2,3)24-18(13-21)8-4-5-9-18/h14H,4-13H2,1-3H3,(H,19,23)/t14-/m1/s1. The molecule has 3 amide bonds. The predicted octanol–water partition coefficient (Wildman–Crippen LogP) is 2.13. The third-order valence-corrected chi connectivity index (χ3v) is 5.38. The zero-order chi connectivity index (χ0) is 17.4. The summed E-state index contributed by atoms with van der Waals surface area (Å²) >= 11 is 0. The molecule has 1 atom stereocenters. The third-order valence-electron chi connectivity index (χ3n) is 5.38. The van der Waals surface area contributed by atoms with Crippen LogP contribution in [0.1, 0.15) is 59.3 Å². The monoisotopic (exact) mass is 337 g/mol. The topological polar surface area (TPSA) is 61.9 Å². The molecule has 0 unspecified atom stereocenters. The van der Waals surface area contributed by atoms with Crippen molar-refractivity contribution in [3.8, 4) is 0 Å². The Bertz CT molecular complexity index is 500. The lowest BCUT2D eigenvalue weighted by atomic mass is 9.94. The lowest BCUT2D eigenvalue weighted by Crippen LogP contribution is -2.62. The van der Waals surface area contributed by atoms with Crippen molar-refractivity contribution >= 4 is 11.9 Å². The third kappa shape index (κ3) is 3.85. The van der Waals surface area contributed by atoms with Crippen LogP contribution in [0.3, 0.4) is 0 Å². The highest BCUT2D eigenvalue weighted by molar-refractivity contribution is 5.78. The zero-order valence-corrected chi connectivity index (χ0v) is 15.3. The number of amides is 3. The molecule has 0 radical (unpaired) electrons. The van der Waals surface area contributed by atoms with E-state index in [1.54, 1.807) is 0 Å². The Morgan fingerprint density at radius 2 is 1.96 bits per heavy atom. The smallest absolute Gasteiger partial charge is 0.317 e. The molecule has 24 heavy (non-hydrogen) atoms. The average Bonchev–Trinajstić information content (AvgIpc) is 3.07. The molecule has 3 rings (SSSR count). The predicted molar refractivity (Wildman–Crippen MR) is 91.7 cm³/mol. The van der Waals surface area contributed by atoms with Crippen LogP contribution in [0, 0.1) is 0 Å². The minimum Gasteiger partial charge on any atom is -0.365 e. The highest BCUT2D eigenvalue weighted by atomic mass is 16.5. The molecule has 6 heteroatoms. The van der Waals surface area contributed by atoms with E-state index < -0.39 is 0 Å². The summed E-state index contributed by atoms with van der Waals surface area (Å²) in [5.74, 6) is 0.202. The van der Waals surface area contributed by atoms with Gasteiger partial charge in [-0.3, -0.25) is 4.79 Å². The summed E-state index contributed by atoms with van der Waals surface area (Å²) < 4.78 is 6.35. The van der Waals surface area contributed by atoms with Crippen molar-refractivity contribution in [3.05, 3.63) is 0 Å². The number of ether oxygens (including phenoxy) is 1. The molecule has 1 aliphatic carbocycles. The number of carbonyl (C=O) groups excluding carboxylic acids is 2. The summed E-state index contributed by atoms with van der Waals surface area (Å²) in [5.41, 5.74) is -0.471. The Hall–Kier alpha value is -1.30. The van der Waals surface area contributed by atoms with Gasteiger partial charge in [-0.05, 0) is 40.0 Å². The van der Waals surface area contributed by atoms with Crippen LogP contribution in [0.4, 0.5) is 4.79 Å². The van der Waals surface area contributed by atoms with Crippen molar-refractivity contribution in [2.24, 2.45) is 0 Å². The van der Waals surface area contributed by atoms with Crippen LogP contribution in [0.5, 0.6) is 0 Å². The van der Waals surface area contributed by atoms with Crippen LogP contribution in [0.25, 0.3) is 0 Å². The van der Waals surface area contributed by atoms with Gasteiger partial charge >= 0.3 is 6.03 Å². The van der Waals surface area contributed by atoms with Gasteiger partial charge in [0.15, 0.2) is 0 Å². The minimum atomic E-state index is -0.311. The number of morpholine rings is 1. The van der Waals surface area contributed by atoms with E-state index in [4.69, 9.17) is 4.74 Å². The summed E-state index contributed by atoms with van der Waals surface area (Å²) in [5, 5.41) is 3.08. The van der Waals surface area contributed by atoms with Crippen molar-refractivity contribution in [2.75, 3.05) is 26.2 Å². The van der Waals surface area contributed by atoms with Crippen LogP contribution in [0.15, 0.2) is 0 Å². The van der Waals surface area contributed by atoms with Crippen LogP contribution >= 0.6 is 0 Å². The number of rotatable bonds is 3. The van der Waals surface area contributed by atoms with E-state index in [0.29, 0.717) is 26.1 Å². The fourth-order valence-electron chi connectivity index (χ4n) is 4.51. The number of likely N-dealkylation sites (tertiary alicyclic amines) is 1. The van der Waals surface area contributed by atoms with Gasteiger partial charge in [-0.1, -0.05) is 12.8 Å². The Labute approximate surface area is 144 Å². The fourth-order valence-corrected chi connectivity index (χ4v) is 4.51. The second-order valence-electron chi connectivity index (χ2n) is 8.40. The molecule has 0 aromatic rings. The average molecular weight is 337 g/mol. The Morgan fingerprint density at radius 3 is 2.58 bits per heavy atom. The number of carbonyl (C=O) groups is 2. The molecule has 3 aliphatic rings. The van der Waals surface area contributed by atoms with E-state index >= 15 is 0 Å². The van der Waals surface area contributed by atoms with Gasteiger partial charge < -0.3 is 19.9 Å². The molecule has 1 saturated carbocycles. The van der Waals surface area contributed by atoms with Crippen LogP contribution < -0.4 is 5.32 Å². The number of urea groups is 1. The van der Waals surface area contributed by atoms with Gasteiger partial charge in [0.05, 0.1) is 24.3 Å². The highest BCUT2D eigenvalue weighted by Crippen LogP contribution is 2.40. The first-order valence-corrected chi connectivity index (χ1v) is 9.32. The zero-order valence-electron chi connectivity index (χ0n) is 15.3. The van der Waals surface area contributed by atoms with Gasteiger partial charge in [0.2, 0.25) is 5.91 Å². The van der Waals surface area contributed by atoms with Crippen molar-refractivity contribution in [2.45, 2.75) is 76.5 Å². The van der Waals surface area contributed by atoms with E-state index in [2.05, 4.69) is 19.2 Å². The molecule has 0 bridgehead atoms. The van der Waals surface area contributed by atoms with Crippen LogP contribution in [-0.2, 0) is 9.53 Å². The van der Waals surface area contributed by atoms with Crippen molar-refractivity contribution < 1.29 is 14.3 Å². The lowest BCUT2D eigenvalue weighted by Gasteiger charge is -2.48. The van der Waals surface area contributed by atoms with Crippen LogP contribution in [-0.4, -0.2) is 65.2 Å². The maximum Gasteiger partial charge on any atom is 0.317 e. The van der Waals surface area contributed by atoms with E-state index in [1.165, 1.54) is 12.8 Å². The molecule has 3 fully saturated rings. The van der Waals surface area contributed by atoms with Crippen LogP contribution in [0.2, 0.25) is 0 Å². The van der Waals surface area contributed by atoms with E-state index in [-0.39, 0.29) is 29.2 Å². The molecular weight excluding hydrogens is 306 g/mol. The van der Waals surface area contributed by atoms with E-state index in [0.717, 1.165) is 25.8 Å². The fraction of sp³-hybridized carbons (Fsp3) is 0.889. The summed E-state index contributed by atoms with van der Waals surface area (Å²) in [6, 6.07) is -0.0677. The van der Waals surface area contributed by atoms with Gasteiger partial charge in [0.25, 0.3) is 0 Å². The molecular formula is C18H31N3O3. The summed E-state index contributed by atoms with van der Waals surface area (Å²) in [7, 11) is 0. The van der Waals surface area contributed by atoms with Crippen molar-refractivity contribution in [1.29, 1.82) is 0 Å². The summed E-state index contributed by atoms with van der Waals surface area (Å²) in [4.78, 5) is 28.3. The second kappa shape index (κ2) is 6.54. The largest absolute Gasteiger partial charge is 0.365 e. The first-order chi connectivity index (χ1) is 11.3. The van der Waals surface area contributed by atoms with Gasteiger partial charge in [0, 0.05) is 25.6 Å². The molecule has 2 saturated heterocycles. The molecule has 1 spiro atoms. The molecule has 1 N–H and O–H groups in total. The van der Waals surface area contributed by atoms with Gasteiger partial charge in [0.1, 0.15) is 0 Å². The number of nitrogens with one attached hydrogen (secondary N) is 1. The van der Waals surface area contributed by atoms with E-state index in [9.17, 15) is 9.59 Å². The van der Waals surface area contributed by atoms with Crippen molar-refractivity contribution in [1.82, 2.24) is 15.1 Å². The SMILES string of the molecule is C[C@H](CN1CCCC1=O)NC(=O)N1CC(C)(C)OC2(CCCC2)C1. The molecule has 2 heterocycles. The van der Waals surface area contributed by atoms with Gasteiger partial charge in [-0.2, -0.15) is 0 Å². The number of hydrogen-bond acceptors (Lipinski definition) is 3. The summed E-state index contributed by atoms with van der Waals surface area (Å²) in [6.45, 7) is 8.81. The first kappa shape index (κ1) is 17.5. The number of hydrogen-bond donors (Lipinski definition) is 1. The summed E-state index contributed by atoms with van der Waals surface area (Å²) in [6.07, 6.45) is 6.01. The first-order valence-electron chi connectivity index (χ1n) is 9.32. The Balaban J connectivity index is 1.58. The molecule has 6 nitrogen and oxygen atoms in total. The lowest BCUT2D eigenvalue weighted by molar-refractivity contribution is -0.184. The highest BCUT2D eigenvalue weighted by Gasteiger charge is 2.47. The maximum absolute atomic E-state index is 12.7. The molecule has 2 aliphatic heterocycles. The Kier molecular flexibility index (Phi) is 4.78. The normalized spacial score (nSPS) is 26.9. The molecule has 0 aromatic carbocycles. The van der Waals surface area contributed by atoms with Gasteiger partial charge in [-0.25, -0.2) is 4.79 Å². The Morgan fingerprint density at radius 1 is 1.25 bits per heavy atom. The maximum atomic E-state index is 12.7. The minimum absolute atomic E-state index is 0.0307. The number of nitrogens with zero attached hydrogens (tertiary/aromatic N) is 2.